The van der Waals surface area contributed by atoms with Crippen molar-refractivity contribution >= 4 is 9.84 Å². The molecule has 0 radical (unpaired) electrons. The van der Waals surface area contributed by atoms with Gasteiger partial charge in [0.15, 0.2) is 9.84 Å². The second kappa shape index (κ2) is 5.90. The van der Waals surface area contributed by atoms with Crippen molar-refractivity contribution < 1.29 is 18.3 Å². The third kappa shape index (κ3) is 3.68. The number of hydrogen-bond acceptors (Lipinski definition) is 5. The van der Waals surface area contributed by atoms with Gasteiger partial charge >= 0.3 is 0 Å². The minimum absolute atomic E-state index is 0.0140. The molecule has 1 aliphatic rings. The number of nitrogens with one attached hydrogen (secondary N) is 1. The van der Waals surface area contributed by atoms with Gasteiger partial charge in [-0.2, -0.15) is 0 Å². The first-order valence-electron chi connectivity index (χ1n) is 6.25. The SMILES string of the molecule is COc1ccccc1CCN[C@@H]1CS(=O)(=O)C[C@H]1O. The summed E-state index contributed by atoms with van der Waals surface area (Å²) in [4.78, 5) is 0. The van der Waals surface area contributed by atoms with Crippen molar-refractivity contribution in [1.82, 2.24) is 5.32 Å². The summed E-state index contributed by atoms with van der Waals surface area (Å²) in [6.45, 7) is 0.609. The molecule has 1 aromatic carbocycles. The van der Waals surface area contributed by atoms with Crippen LogP contribution in [0.15, 0.2) is 24.3 Å². The standard InChI is InChI=1S/C13H19NO4S/c1-18-13-5-3-2-4-10(13)6-7-14-11-8-19(16,17)9-12(11)15/h2-5,11-12,14-15H,6-9H2,1H3/t11-,12-/m1/s1. The van der Waals surface area contributed by atoms with Crippen LogP contribution in [0.4, 0.5) is 0 Å². The largest absolute Gasteiger partial charge is 0.496 e. The van der Waals surface area contributed by atoms with Gasteiger partial charge in [-0.1, -0.05) is 18.2 Å². The van der Waals surface area contributed by atoms with E-state index in [-0.39, 0.29) is 17.5 Å². The highest BCUT2D eigenvalue weighted by atomic mass is 32.2. The van der Waals surface area contributed by atoms with E-state index in [1.165, 1.54) is 0 Å². The number of methoxy groups -OCH3 is 1. The molecule has 2 atom stereocenters. The van der Waals surface area contributed by atoms with Gasteiger partial charge in [-0.15, -0.1) is 0 Å². The Morgan fingerprint density at radius 2 is 2.11 bits per heavy atom. The average molecular weight is 285 g/mol. The fourth-order valence-electron chi connectivity index (χ4n) is 2.33. The molecule has 5 nitrogen and oxygen atoms in total. The van der Waals surface area contributed by atoms with Crippen molar-refractivity contribution in [3.8, 4) is 5.75 Å². The van der Waals surface area contributed by atoms with Crippen molar-refractivity contribution in [2.45, 2.75) is 18.6 Å². The van der Waals surface area contributed by atoms with Gasteiger partial charge in [-0.05, 0) is 24.6 Å². The van der Waals surface area contributed by atoms with E-state index in [2.05, 4.69) is 5.32 Å². The van der Waals surface area contributed by atoms with E-state index in [0.29, 0.717) is 6.54 Å². The van der Waals surface area contributed by atoms with E-state index in [0.717, 1.165) is 17.7 Å². The molecule has 2 N–H and O–H groups in total. The van der Waals surface area contributed by atoms with Crippen LogP contribution in [0.3, 0.4) is 0 Å². The number of rotatable bonds is 5. The molecule has 0 amide bonds. The Morgan fingerprint density at radius 3 is 2.74 bits per heavy atom. The second-order valence-corrected chi connectivity index (χ2v) is 6.92. The first-order chi connectivity index (χ1) is 9.02. The van der Waals surface area contributed by atoms with Gasteiger partial charge in [0.1, 0.15) is 5.75 Å². The Labute approximate surface area is 113 Å². The summed E-state index contributed by atoms with van der Waals surface area (Å²) in [5, 5.41) is 12.8. The van der Waals surface area contributed by atoms with E-state index in [4.69, 9.17) is 4.74 Å². The zero-order chi connectivity index (χ0) is 13.9. The van der Waals surface area contributed by atoms with Gasteiger partial charge in [0.05, 0.1) is 24.7 Å². The van der Waals surface area contributed by atoms with Crippen molar-refractivity contribution in [2.75, 3.05) is 25.2 Å². The van der Waals surface area contributed by atoms with Gasteiger partial charge in [-0.3, -0.25) is 0 Å². The molecule has 0 aromatic heterocycles. The molecular formula is C13H19NO4S. The predicted octanol–water partition coefficient (Wildman–Crippen LogP) is -0.0148. The van der Waals surface area contributed by atoms with E-state index < -0.39 is 15.9 Å². The third-order valence-corrected chi connectivity index (χ3v) is 5.03. The first kappa shape index (κ1) is 14.3. The highest BCUT2D eigenvalue weighted by Crippen LogP contribution is 2.18. The number of aliphatic hydroxyl groups is 1. The molecule has 0 spiro atoms. The monoisotopic (exact) mass is 285 g/mol. The Bertz CT molecular complexity index is 529. The molecule has 1 heterocycles. The normalized spacial score (nSPS) is 25.4. The maximum Gasteiger partial charge on any atom is 0.154 e. The molecule has 0 unspecified atom stereocenters. The maximum absolute atomic E-state index is 11.4. The average Bonchev–Trinajstić information content (AvgIpc) is 2.63. The summed E-state index contributed by atoms with van der Waals surface area (Å²) in [5.41, 5.74) is 1.06. The van der Waals surface area contributed by atoms with Crippen LogP contribution in [-0.4, -0.2) is 50.8 Å². The van der Waals surface area contributed by atoms with Crippen LogP contribution in [0.5, 0.6) is 5.75 Å². The summed E-state index contributed by atoms with van der Waals surface area (Å²) in [6, 6.07) is 7.35. The van der Waals surface area contributed by atoms with Crippen LogP contribution >= 0.6 is 0 Å². The lowest BCUT2D eigenvalue weighted by atomic mass is 10.1. The Balaban J connectivity index is 1.87. The van der Waals surface area contributed by atoms with Crippen molar-refractivity contribution in [1.29, 1.82) is 0 Å². The molecule has 1 aromatic rings. The highest BCUT2D eigenvalue weighted by Gasteiger charge is 2.35. The Morgan fingerprint density at radius 1 is 1.37 bits per heavy atom. The smallest absolute Gasteiger partial charge is 0.154 e. The minimum atomic E-state index is -3.09. The molecule has 0 saturated carbocycles. The third-order valence-electron chi connectivity index (χ3n) is 3.32. The number of hydrogen-bond donors (Lipinski definition) is 2. The lowest BCUT2D eigenvalue weighted by molar-refractivity contribution is 0.166. The summed E-state index contributed by atoms with van der Waals surface area (Å²) in [5.74, 6) is 0.697. The molecule has 1 saturated heterocycles. The lowest BCUT2D eigenvalue weighted by Gasteiger charge is -2.15. The van der Waals surface area contributed by atoms with E-state index in [1.807, 2.05) is 24.3 Å². The van der Waals surface area contributed by atoms with Gasteiger partial charge in [0.25, 0.3) is 0 Å². The summed E-state index contributed by atoms with van der Waals surface area (Å²) < 4.78 is 28.0. The van der Waals surface area contributed by atoms with Gasteiger partial charge in [-0.25, -0.2) is 8.42 Å². The maximum atomic E-state index is 11.4. The summed E-state index contributed by atoms with van der Waals surface area (Å²) >= 11 is 0. The van der Waals surface area contributed by atoms with Crippen molar-refractivity contribution in [3.05, 3.63) is 29.8 Å². The molecule has 19 heavy (non-hydrogen) atoms. The zero-order valence-corrected chi connectivity index (χ0v) is 11.7. The van der Waals surface area contributed by atoms with Gasteiger partial charge in [0.2, 0.25) is 0 Å². The van der Waals surface area contributed by atoms with Crippen LogP contribution in [0.25, 0.3) is 0 Å². The number of aliphatic hydroxyl groups excluding tert-OH is 1. The predicted molar refractivity (Wildman–Crippen MR) is 73.1 cm³/mol. The second-order valence-electron chi connectivity index (χ2n) is 4.77. The molecule has 2 rings (SSSR count). The van der Waals surface area contributed by atoms with Crippen LogP contribution in [0.2, 0.25) is 0 Å². The number of ether oxygens (including phenoxy) is 1. The molecule has 0 bridgehead atoms. The molecule has 1 aliphatic heterocycles. The van der Waals surface area contributed by atoms with Crippen molar-refractivity contribution in [2.24, 2.45) is 0 Å². The molecule has 6 heteroatoms. The number of sulfone groups is 1. The fraction of sp³-hybridized carbons (Fsp3) is 0.538. The summed E-state index contributed by atoms with van der Waals surface area (Å²) in [6.07, 6.45) is -0.0736. The highest BCUT2D eigenvalue weighted by molar-refractivity contribution is 7.91. The van der Waals surface area contributed by atoms with Crippen LogP contribution < -0.4 is 10.1 Å². The number of benzene rings is 1. The quantitative estimate of drug-likeness (QED) is 0.795. The summed E-state index contributed by atoms with van der Waals surface area (Å²) in [7, 11) is -1.47. The van der Waals surface area contributed by atoms with Crippen LogP contribution in [-0.2, 0) is 16.3 Å². The van der Waals surface area contributed by atoms with Crippen molar-refractivity contribution in [3.63, 3.8) is 0 Å². The lowest BCUT2D eigenvalue weighted by Crippen LogP contribution is -2.39. The number of para-hydroxylation sites is 1. The van der Waals surface area contributed by atoms with Gasteiger partial charge < -0.3 is 15.2 Å². The minimum Gasteiger partial charge on any atom is -0.496 e. The van der Waals surface area contributed by atoms with E-state index >= 15 is 0 Å². The molecule has 1 fully saturated rings. The Hall–Kier alpha value is -1.11. The van der Waals surface area contributed by atoms with E-state index in [9.17, 15) is 13.5 Å². The zero-order valence-electron chi connectivity index (χ0n) is 10.9. The molecule has 0 aliphatic carbocycles. The molecular weight excluding hydrogens is 266 g/mol. The molecule has 106 valence electrons. The topological polar surface area (TPSA) is 75.6 Å². The van der Waals surface area contributed by atoms with Gasteiger partial charge in [0, 0.05) is 6.04 Å². The first-order valence-corrected chi connectivity index (χ1v) is 8.08. The van der Waals surface area contributed by atoms with Crippen LogP contribution in [0.1, 0.15) is 5.56 Å². The van der Waals surface area contributed by atoms with E-state index in [1.54, 1.807) is 7.11 Å². The fourth-order valence-corrected chi connectivity index (χ4v) is 4.10. The Kier molecular flexibility index (Phi) is 4.44. The van der Waals surface area contributed by atoms with Crippen LogP contribution in [0, 0.1) is 0 Å².